The molecule has 0 aliphatic heterocycles. The second-order valence-corrected chi connectivity index (χ2v) is 3.69. The van der Waals surface area contributed by atoms with E-state index in [0.717, 1.165) is 4.88 Å². The van der Waals surface area contributed by atoms with Gasteiger partial charge < -0.3 is 4.74 Å². The van der Waals surface area contributed by atoms with Gasteiger partial charge in [0.15, 0.2) is 0 Å². The standard InChI is InChI=1S/C8H7NO2S2/c1-5-3-6(8(10)11-2)7(13-5)9-4-12/h3H,1-2H3. The Labute approximate surface area is 85.1 Å². The third-order valence-electron chi connectivity index (χ3n) is 1.39. The molecule has 0 saturated carbocycles. The molecule has 1 aromatic heterocycles. The molecule has 0 spiro atoms. The quantitative estimate of drug-likeness (QED) is 0.430. The van der Waals surface area contributed by atoms with Crippen LogP contribution in [0.5, 0.6) is 0 Å². The van der Waals surface area contributed by atoms with Gasteiger partial charge >= 0.3 is 5.97 Å². The maximum Gasteiger partial charge on any atom is 0.340 e. The number of nitrogens with zero attached hydrogens (tertiary/aromatic N) is 1. The lowest BCUT2D eigenvalue weighted by Gasteiger charge is -1.94. The molecule has 1 aromatic rings. The SMILES string of the molecule is COC(=O)c1cc(C)sc1N=C=S. The van der Waals surface area contributed by atoms with Crippen molar-refractivity contribution < 1.29 is 9.53 Å². The van der Waals surface area contributed by atoms with Crippen molar-refractivity contribution in [3.8, 4) is 0 Å². The van der Waals surface area contributed by atoms with Gasteiger partial charge in [0.1, 0.15) is 5.00 Å². The van der Waals surface area contributed by atoms with Gasteiger partial charge in [-0.2, -0.15) is 4.99 Å². The first-order valence-corrected chi connectivity index (χ1v) is 4.68. The van der Waals surface area contributed by atoms with E-state index in [-0.39, 0.29) is 0 Å². The minimum absolute atomic E-state index is 0.395. The molecule has 3 nitrogen and oxygen atoms in total. The molecule has 5 heteroatoms. The van der Waals surface area contributed by atoms with E-state index < -0.39 is 5.97 Å². The Balaban J connectivity index is 3.18. The molecule has 0 aromatic carbocycles. The predicted molar refractivity (Wildman–Crippen MR) is 55.1 cm³/mol. The van der Waals surface area contributed by atoms with Crippen LogP contribution in [-0.2, 0) is 4.74 Å². The molecule has 0 saturated heterocycles. The summed E-state index contributed by atoms with van der Waals surface area (Å²) < 4.78 is 4.58. The minimum atomic E-state index is -0.395. The first-order valence-electron chi connectivity index (χ1n) is 3.45. The molecular formula is C8H7NO2S2. The number of aryl methyl sites for hydroxylation is 1. The summed E-state index contributed by atoms with van der Waals surface area (Å²) in [5, 5.41) is 2.78. The van der Waals surface area contributed by atoms with Crippen LogP contribution in [0.4, 0.5) is 5.00 Å². The first-order chi connectivity index (χ1) is 6.19. The summed E-state index contributed by atoms with van der Waals surface area (Å²) in [7, 11) is 1.33. The van der Waals surface area contributed by atoms with Crippen molar-refractivity contribution in [2.75, 3.05) is 7.11 Å². The van der Waals surface area contributed by atoms with Crippen LogP contribution in [0.15, 0.2) is 11.1 Å². The summed E-state index contributed by atoms with van der Waals surface area (Å²) >= 11 is 5.85. The normalized spacial score (nSPS) is 9.08. The van der Waals surface area contributed by atoms with Crippen LogP contribution in [0.3, 0.4) is 0 Å². The third kappa shape index (κ3) is 2.21. The Morgan fingerprint density at radius 2 is 2.46 bits per heavy atom. The summed E-state index contributed by atoms with van der Waals surface area (Å²) in [4.78, 5) is 16.0. The van der Waals surface area contributed by atoms with Crippen molar-refractivity contribution >= 4 is 39.7 Å². The summed E-state index contributed by atoms with van der Waals surface area (Å²) in [6.45, 7) is 1.89. The van der Waals surface area contributed by atoms with Crippen molar-refractivity contribution in [2.45, 2.75) is 6.92 Å². The van der Waals surface area contributed by atoms with Gasteiger partial charge in [-0.1, -0.05) is 0 Å². The molecular weight excluding hydrogens is 206 g/mol. The Morgan fingerprint density at radius 3 is 3.00 bits per heavy atom. The van der Waals surface area contributed by atoms with E-state index in [9.17, 15) is 4.79 Å². The second kappa shape index (κ2) is 4.28. The van der Waals surface area contributed by atoms with Gasteiger partial charge in [0, 0.05) is 4.88 Å². The molecule has 0 aliphatic rings. The second-order valence-electron chi connectivity index (χ2n) is 2.27. The van der Waals surface area contributed by atoms with Crippen LogP contribution < -0.4 is 0 Å². The summed E-state index contributed by atoms with van der Waals surface area (Å²) in [6, 6.07) is 1.72. The number of isothiocyanates is 1. The van der Waals surface area contributed by atoms with Crippen LogP contribution in [0.2, 0.25) is 0 Å². The number of rotatable bonds is 2. The Bertz CT molecular complexity index is 377. The highest BCUT2D eigenvalue weighted by molar-refractivity contribution is 7.78. The number of thiocarbonyl (C=S) groups is 1. The molecule has 0 atom stereocenters. The molecule has 0 aliphatic carbocycles. The predicted octanol–water partition coefficient (Wildman–Crippen LogP) is 2.58. The number of methoxy groups -OCH3 is 1. The lowest BCUT2D eigenvalue weighted by atomic mass is 10.3. The van der Waals surface area contributed by atoms with Gasteiger partial charge in [0.2, 0.25) is 0 Å². The van der Waals surface area contributed by atoms with Gasteiger partial charge in [-0.3, -0.25) is 0 Å². The first kappa shape index (κ1) is 10.1. The average molecular weight is 213 g/mol. The highest BCUT2D eigenvalue weighted by Crippen LogP contribution is 2.30. The minimum Gasteiger partial charge on any atom is -0.465 e. The Morgan fingerprint density at radius 1 is 1.77 bits per heavy atom. The van der Waals surface area contributed by atoms with Gasteiger partial charge in [-0.05, 0) is 25.2 Å². The zero-order valence-electron chi connectivity index (χ0n) is 7.16. The number of carbonyl (C=O) groups excluding carboxylic acids is 1. The van der Waals surface area contributed by atoms with Crippen molar-refractivity contribution in [1.29, 1.82) is 0 Å². The molecule has 0 fully saturated rings. The topological polar surface area (TPSA) is 38.7 Å². The van der Waals surface area contributed by atoms with Crippen molar-refractivity contribution in [3.63, 3.8) is 0 Å². The number of carbonyl (C=O) groups is 1. The maximum atomic E-state index is 11.2. The summed E-state index contributed by atoms with van der Waals surface area (Å²) in [5.74, 6) is -0.395. The number of thiophene rings is 1. The monoisotopic (exact) mass is 213 g/mol. The van der Waals surface area contributed by atoms with E-state index in [1.807, 2.05) is 6.92 Å². The van der Waals surface area contributed by atoms with Crippen LogP contribution in [0, 0.1) is 6.92 Å². The zero-order valence-corrected chi connectivity index (χ0v) is 8.79. The van der Waals surface area contributed by atoms with E-state index in [1.54, 1.807) is 6.07 Å². The molecule has 1 rings (SSSR count). The smallest absolute Gasteiger partial charge is 0.340 e. The fourth-order valence-corrected chi connectivity index (χ4v) is 1.86. The fraction of sp³-hybridized carbons (Fsp3) is 0.250. The largest absolute Gasteiger partial charge is 0.465 e. The molecule has 0 unspecified atom stereocenters. The van der Waals surface area contributed by atoms with Gasteiger partial charge in [-0.25, -0.2) is 4.79 Å². The van der Waals surface area contributed by atoms with Crippen molar-refractivity contribution in [3.05, 3.63) is 16.5 Å². The van der Waals surface area contributed by atoms with Gasteiger partial charge in [0.25, 0.3) is 0 Å². The zero-order chi connectivity index (χ0) is 9.84. The Kier molecular flexibility index (Phi) is 3.31. The molecule has 0 radical (unpaired) electrons. The van der Waals surface area contributed by atoms with Crippen LogP contribution in [-0.4, -0.2) is 18.2 Å². The molecule has 68 valence electrons. The Hall–Kier alpha value is -1.03. The molecule has 0 bridgehead atoms. The number of aliphatic imine (C=N–C) groups is 1. The van der Waals surface area contributed by atoms with E-state index in [1.165, 1.54) is 18.4 Å². The average Bonchev–Trinajstić information content (AvgIpc) is 2.46. The number of hydrogen-bond acceptors (Lipinski definition) is 5. The highest BCUT2D eigenvalue weighted by atomic mass is 32.1. The summed E-state index contributed by atoms with van der Waals surface area (Å²) in [5.41, 5.74) is 0.447. The lowest BCUT2D eigenvalue weighted by Crippen LogP contribution is -1.98. The van der Waals surface area contributed by atoms with E-state index >= 15 is 0 Å². The van der Waals surface area contributed by atoms with E-state index in [2.05, 4.69) is 27.1 Å². The fourth-order valence-electron chi connectivity index (χ4n) is 0.883. The van der Waals surface area contributed by atoms with Crippen LogP contribution >= 0.6 is 23.6 Å². The third-order valence-corrected chi connectivity index (χ3v) is 2.42. The van der Waals surface area contributed by atoms with Crippen LogP contribution in [0.25, 0.3) is 0 Å². The lowest BCUT2D eigenvalue weighted by molar-refractivity contribution is 0.0602. The van der Waals surface area contributed by atoms with Crippen molar-refractivity contribution in [1.82, 2.24) is 0 Å². The van der Waals surface area contributed by atoms with Crippen LogP contribution in [0.1, 0.15) is 15.2 Å². The van der Waals surface area contributed by atoms with Gasteiger partial charge in [-0.15, -0.1) is 11.3 Å². The van der Waals surface area contributed by atoms with E-state index in [4.69, 9.17) is 0 Å². The molecule has 0 N–H and O–H groups in total. The van der Waals surface area contributed by atoms with E-state index in [0.29, 0.717) is 10.6 Å². The van der Waals surface area contributed by atoms with Crippen molar-refractivity contribution in [2.24, 2.45) is 4.99 Å². The number of hydrogen-bond donors (Lipinski definition) is 0. The molecule has 13 heavy (non-hydrogen) atoms. The maximum absolute atomic E-state index is 11.2. The number of ether oxygens (including phenoxy) is 1. The van der Waals surface area contributed by atoms with Gasteiger partial charge in [0.05, 0.1) is 17.8 Å². The number of esters is 1. The molecule has 1 heterocycles. The highest BCUT2D eigenvalue weighted by Gasteiger charge is 2.14. The molecule has 0 amide bonds. The summed E-state index contributed by atoms with van der Waals surface area (Å²) in [6.07, 6.45) is 0.